The molecule has 6 rings (SSSR count). The smallest absolute Gasteiger partial charge is 0.267 e. The van der Waals surface area contributed by atoms with Crippen molar-refractivity contribution in [3.63, 3.8) is 0 Å². The highest BCUT2D eigenvalue weighted by Gasteiger charge is 2.45. The van der Waals surface area contributed by atoms with Gasteiger partial charge in [-0.25, -0.2) is 0 Å². The summed E-state index contributed by atoms with van der Waals surface area (Å²) < 4.78 is 5.91. The first-order valence-corrected chi connectivity index (χ1v) is 12.8. The largest absolute Gasteiger partial charge is 0.479 e. The number of fused-ring (bicyclic) bond motifs is 2. The molecule has 11 nitrogen and oxygen atoms in total. The zero-order chi connectivity index (χ0) is 28.3. The van der Waals surface area contributed by atoms with E-state index in [1.165, 1.54) is 11.0 Å². The molecule has 4 heterocycles. The molecule has 0 unspecified atom stereocenters. The summed E-state index contributed by atoms with van der Waals surface area (Å²) in [6.45, 7) is 3.61. The fourth-order valence-corrected chi connectivity index (χ4v) is 5.37. The Bertz CT molecular complexity index is 1650. The Morgan fingerprint density at radius 1 is 1.00 bits per heavy atom. The van der Waals surface area contributed by atoms with Gasteiger partial charge in [-0.2, -0.15) is 0 Å². The molecule has 202 valence electrons. The summed E-state index contributed by atoms with van der Waals surface area (Å²) in [5.74, 6) is -2.02. The van der Waals surface area contributed by atoms with Crippen molar-refractivity contribution in [2.45, 2.75) is 38.8 Å². The molecular weight excluding hydrogens is 514 g/mol. The van der Waals surface area contributed by atoms with Crippen molar-refractivity contribution in [3.05, 3.63) is 65.5 Å². The van der Waals surface area contributed by atoms with Gasteiger partial charge < -0.3 is 15.0 Å². The summed E-state index contributed by atoms with van der Waals surface area (Å²) in [5, 5.41) is 5.51. The van der Waals surface area contributed by atoms with Crippen molar-refractivity contribution >= 4 is 46.6 Å². The van der Waals surface area contributed by atoms with E-state index < -0.39 is 35.8 Å². The van der Waals surface area contributed by atoms with Crippen LogP contribution in [0.5, 0.6) is 5.75 Å². The van der Waals surface area contributed by atoms with E-state index in [4.69, 9.17) is 4.74 Å². The lowest BCUT2D eigenvalue weighted by Gasteiger charge is -2.31. The number of aryl methyl sites for hydroxylation is 1. The SMILES string of the molecule is Cc1cncc(-c2cc3c(cc2Nc2cccc4c2C(=O)N([C@H]2CCC(=O)NC2=O)C4=O)N(C)C(=O)[C@@H](C)O3)c1. The number of rotatable bonds is 4. The van der Waals surface area contributed by atoms with E-state index in [0.717, 1.165) is 16.0 Å². The van der Waals surface area contributed by atoms with E-state index in [1.807, 2.05) is 19.1 Å². The number of amides is 5. The molecule has 11 heteroatoms. The Morgan fingerprint density at radius 2 is 1.80 bits per heavy atom. The van der Waals surface area contributed by atoms with E-state index in [9.17, 15) is 24.0 Å². The summed E-state index contributed by atoms with van der Waals surface area (Å²) in [4.78, 5) is 70.5. The van der Waals surface area contributed by atoms with Gasteiger partial charge in [-0.15, -0.1) is 0 Å². The van der Waals surface area contributed by atoms with Gasteiger partial charge in [0.1, 0.15) is 11.8 Å². The van der Waals surface area contributed by atoms with Crippen molar-refractivity contribution in [2.24, 2.45) is 0 Å². The van der Waals surface area contributed by atoms with Crippen molar-refractivity contribution in [2.75, 3.05) is 17.3 Å². The summed E-state index contributed by atoms with van der Waals surface area (Å²) in [5.41, 5.74) is 4.14. The number of nitrogens with one attached hydrogen (secondary N) is 2. The molecule has 5 amide bonds. The Morgan fingerprint density at radius 3 is 2.55 bits per heavy atom. The number of pyridine rings is 1. The van der Waals surface area contributed by atoms with Gasteiger partial charge in [0.15, 0.2) is 6.10 Å². The van der Waals surface area contributed by atoms with Gasteiger partial charge in [-0.1, -0.05) is 6.07 Å². The Balaban J connectivity index is 1.44. The molecule has 1 saturated heterocycles. The van der Waals surface area contributed by atoms with Crippen LogP contribution >= 0.6 is 0 Å². The maximum atomic E-state index is 13.6. The molecule has 0 spiro atoms. The second-order valence-corrected chi connectivity index (χ2v) is 10.1. The maximum Gasteiger partial charge on any atom is 0.267 e. The van der Waals surface area contributed by atoms with E-state index in [1.54, 1.807) is 44.6 Å². The number of carbonyl (C=O) groups excluding carboxylic acids is 5. The molecule has 2 atom stereocenters. The van der Waals surface area contributed by atoms with Crippen LogP contribution in [-0.4, -0.2) is 58.6 Å². The molecule has 3 aliphatic heterocycles. The zero-order valence-electron chi connectivity index (χ0n) is 22.0. The number of piperidine rings is 1. The molecule has 0 radical (unpaired) electrons. The molecule has 1 aromatic heterocycles. The minimum Gasteiger partial charge on any atom is -0.479 e. The highest BCUT2D eigenvalue weighted by atomic mass is 16.5. The molecule has 2 N–H and O–H groups in total. The minimum absolute atomic E-state index is 0.0326. The van der Waals surface area contributed by atoms with Crippen LogP contribution in [-0.2, 0) is 14.4 Å². The van der Waals surface area contributed by atoms with Gasteiger partial charge in [-0.3, -0.25) is 39.2 Å². The second kappa shape index (κ2) is 9.30. The van der Waals surface area contributed by atoms with Crippen molar-refractivity contribution in [3.8, 4) is 16.9 Å². The summed E-state index contributed by atoms with van der Waals surface area (Å²) in [6, 6.07) is 9.31. The fourth-order valence-electron chi connectivity index (χ4n) is 5.37. The van der Waals surface area contributed by atoms with Crippen LogP contribution < -0.4 is 20.3 Å². The summed E-state index contributed by atoms with van der Waals surface area (Å²) >= 11 is 0. The van der Waals surface area contributed by atoms with E-state index in [2.05, 4.69) is 15.6 Å². The highest BCUT2D eigenvalue weighted by Crippen LogP contribution is 2.44. The predicted molar refractivity (Wildman–Crippen MR) is 144 cm³/mol. The first-order chi connectivity index (χ1) is 19.1. The maximum absolute atomic E-state index is 13.6. The zero-order valence-corrected chi connectivity index (χ0v) is 22.0. The number of carbonyl (C=O) groups is 5. The third kappa shape index (κ3) is 3.98. The third-order valence-electron chi connectivity index (χ3n) is 7.37. The van der Waals surface area contributed by atoms with Crippen molar-refractivity contribution in [1.29, 1.82) is 0 Å². The van der Waals surface area contributed by atoms with Crippen LogP contribution in [0.4, 0.5) is 17.1 Å². The number of aromatic nitrogens is 1. The number of ether oxygens (including phenoxy) is 1. The standard InChI is InChI=1S/C29H25N5O6/c1-14-9-16(13-30-12-14)18-10-23-22(33(3)27(37)15(2)40-23)11-20(18)31-19-6-4-5-17-25(19)29(39)34(28(17)38)21-7-8-24(35)32-26(21)36/h4-6,9-13,15,21,31H,7-8H2,1-3H3,(H,32,35,36)/t15-,21+/m1/s1. The third-order valence-corrected chi connectivity index (χ3v) is 7.37. The minimum atomic E-state index is -1.07. The van der Waals surface area contributed by atoms with Gasteiger partial charge in [0.05, 0.1) is 22.5 Å². The number of hydrogen-bond acceptors (Lipinski definition) is 8. The Hall–Kier alpha value is -5.06. The van der Waals surface area contributed by atoms with E-state index in [-0.39, 0.29) is 29.9 Å². The lowest BCUT2D eigenvalue weighted by Crippen LogP contribution is -2.54. The number of anilines is 3. The molecule has 3 aromatic rings. The monoisotopic (exact) mass is 539 g/mol. The van der Waals surface area contributed by atoms with Crippen molar-refractivity contribution in [1.82, 2.24) is 15.2 Å². The molecule has 0 bridgehead atoms. The van der Waals surface area contributed by atoms with Crippen LogP contribution in [0.15, 0.2) is 48.8 Å². The predicted octanol–water partition coefficient (Wildman–Crippen LogP) is 2.95. The molecule has 0 saturated carbocycles. The number of nitrogens with zero attached hydrogens (tertiary/aromatic N) is 3. The van der Waals surface area contributed by atoms with Gasteiger partial charge >= 0.3 is 0 Å². The second-order valence-electron chi connectivity index (χ2n) is 10.1. The summed E-state index contributed by atoms with van der Waals surface area (Å²) in [7, 11) is 1.66. The summed E-state index contributed by atoms with van der Waals surface area (Å²) in [6.07, 6.45) is 2.88. The van der Waals surface area contributed by atoms with Crippen LogP contribution in [0, 0.1) is 6.92 Å². The van der Waals surface area contributed by atoms with Gasteiger partial charge in [0, 0.05) is 42.7 Å². The topological polar surface area (TPSA) is 138 Å². The average Bonchev–Trinajstić information content (AvgIpc) is 3.18. The van der Waals surface area contributed by atoms with Gasteiger partial charge in [0.2, 0.25) is 11.8 Å². The lowest BCUT2D eigenvalue weighted by atomic mass is 10.0. The lowest BCUT2D eigenvalue weighted by molar-refractivity contribution is -0.136. The van der Waals surface area contributed by atoms with E-state index >= 15 is 0 Å². The average molecular weight is 540 g/mol. The van der Waals surface area contributed by atoms with Crippen LogP contribution in [0.1, 0.15) is 46.0 Å². The van der Waals surface area contributed by atoms with Crippen LogP contribution in [0.3, 0.4) is 0 Å². The molecule has 40 heavy (non-hydrogen) atoms. The van der Waals surface area contributed by atoms with Crippen LogP contribution in [0.25, 0.3) is 11.1 Å². The van der Waals surface area contributed by atoms with Crippen LogP contribution in [0.2, 0.25) is 0 Å². The number of benzene rings is 2. The number of hydrogen-bond donors (Lipinski definition) is 2. The molecular formula is C29H25N5O6. The van der Waals surface area contributed by atoms with Crippen molar-refractivity contribution < 1.29 is 28.7 Å². The normalized spacial score (nSPS) is 20.2. The molecule has 3 aliphatic rings. The Kier molecular flexibility index (Phi) is 5.86. The first-order valence-electron chi connectivity index (χ1n) is 12.8. The number of imide groups is 2. The molecule has 0 aliphatic carbocycles. The first kappa shape index (κ1) is 25.2. The number of likely N-dealkylation sites (N-methyl/N-ethyl adjacent to an activating group) is 1. The fraction of sp³-hybridized carbons (Fsp3) is 0.241. The quantitative estimate of drug-likeness (QED) is 0.483. The van der Waals surface area contributed by atoms with Gasteiger partial charge in [0.25, 0.3) is 17.7 Å². The Labute approximate surface area is 229 Å². The van der Waals surface area contributed by atoms with Gasteiger partial charge in [-0.05, 0) is 56.2 Å². The van der Waals surface area contributed by atoms with E-state index in [0.29, 0.717) is 28.4 Å². The molecule has 2 aromatic carbocycles. The molecule has 1 fully saturated rings. The highest BCUT2D eigenvalue weighted by molar-refractivity contribution is 6.25.